The maximum Gasteiger partial charge on any atom is 0.324 e. The van der Waals surface area contributed by atoms with Crippen LogP contribution in [-0.4, -0.2) is 268 Å². The van der Waals surface area contributed by atoms with Gasteiger partial charge in [-0.2, -0.15) is 0 Å². The van der Waals surface area contributed by atoms with E-state index in [2.05, 4.69) is 10.2 Å². The molecule has 3 rings (SSSR count). The van der Waals surface area contributed by atoms with Crippen LogP contribution in [0.5, 0.6) is 0 Å². The summed E-state index contributed by atoms with van der Waals surface area (Å²) in [6.45, 7) is -9.47. The lowest BCUT2D eigenvalue weighted by Gasteiger charge is -2.43. The zero-order chi connectivity index (χ0) is 69.3. The highest BCUT2D eigenvalue weighted by Crippen LogP contribution is 2.48. The Morgan fingerprint density at radius 3 is 1.06 bits per heavy atom. The Morgan fingerprint density at radius 2 is 0.731 bits per heavy atom. The number of amides is 1. The van der Waals surface area contributed by atoms with Crippen molar-refractivity contribution in [3.05, 3.63) is 0 Å². The molecule has 552 valence electrons. The van der Waals surface area contributed by atoms with Crippen molar-refractivity contribution in [1.82, 2.24) is 10.2 Å². The number of unbranched alkanes of at least 4 members (excludes halogenated alkanes) is 9. The number of nitrogens with one attached hydrogen (secondary N) is 1. The Labute approximate surface area is 568 Å². The molecule has 3 heterocycles. The van der Waals surface area contributed by atoms with Gasteiger partial charge in [-0.25, -0.2) is 0 Å². The summed E-state index contributed by atoms with van der Waals surface area (Å²) in [5.74, 6) is -1.45. The molecule has 0 saturated carbocycles. The molecule has 0 radical (unpaired) electrons. The molecule has 3 saturated heterocycles. The van der Waals surface area contributed by atoms with Crippen LogP contribution >= 0.6 is 26.9 Å². The van der Waals surface area contributed by atoms with E-state index in [4.69, 9.17) is 112 Å². The normalized spacial score (nSPS) is 30.3. The third-order valence-electron chi connectivity index (χ3n) is 16.4. The van der Waals surface area contributed by atoms with E-state index in [0.717, 1.165) is 25.7 Å². The van der Waals surface area contributed by atoms with E-state index in [0.29, 0.717) is 116 Å². The molecule has 0 aromatic heterocycles. The van der Waals surface area contributed by atoms with Crippen molar-refractivity contribution in [3.8, 4) is 0 Å². The van der Waals surface area contributed by atoms with Crippen molar-refractivity contribution in [1.29, 1.82) is 0 Å². The molecule has 0 spiro atoms. The van der Waals surface area contributed by atoms with Crippen LogP contribution in [0.2, 0.25) is 0 Å². The number of hydrogen-bond donors (Lipinski definition) is 14. The molecular weight excluding hydrogens is 1390 g/mol. The number of nitrogens with zero attached hydrogens (tertiary/aromatic N) is 1. The van der Waals surface area contributed by atoms with Crippen LogP contribution in [-0.2, 0) is 117 Å². The van der Waals surface area contributed by atoms with Crippen molar-refractivity contribution in [2.24, 2.45) is 11.8 Å². The number of carbonyl (C=O) groups is 1. The fraction of sp³-hybridized carbons (Fsp3) is 0.982. The SMILES string of the molecule is COP(O)(=S)OCCCN(C)C(CCCOP(O)(=S)OCCCCCCO[C@@H]1OC(CO)[C@H](O)[C@H](O)C1C)(CCCOP(O)(=S)OCCCCCCO[C@@H]1OC(CO)[C@H](O)[C@H](O)C1C)CCCOP(O)(=S)OCCCCCCO[C@@H]1OC(CO)[C@H](O)[C@H](O)C1NC(C)=O. The van der Waals surface area contributed by atoms with Crippen LogP contribution in [0.25, 0.3) is 0 Å². The quantitative estimate of drug-likeness (QED) is 0.0307. The molecule has 38 heteroatoms. The number of hydrogen-bond acceptors (Lipinski definition) is 29. The van der Waals surface area contributed by atoms with E-state index in [1.54, 1.807) is 13.8 Å². The van der Waals surface area contributed by atoms with Gasteiger partial charge in [-0.15, -0.1) is 0 Å². The molecule has 0 aromatic carbocycles. The summed E-state index contributed by atoms with van der Waals surface area (Å²) in [6.07, 6.45) is -2.35. The molecule has 3 fully saturated rings. The van der Waals surface area contributed by atoms with Crippen molar-refractivity contribution >= 4 is 80.0 Å². The molecule has 1 amide bonds. The van der Waals surface area contributed by atoms with E-state index < -0.39 is 150 Å². The second kappa shape index (κ2) is 46.5. The minimum Gasteiger partial charge on any atom is -0.394 e. The molecule has 19 atom stereocenters. The molecule has 30 nitrogen and oxygen atoms in total. The van der Waals surface area contributed by atoms with Crippen LogP contribution in [0.4, 0.5) is 0 Å². The predicted molar refractivity (Wildman–Crippen MR) is 355 cm³/mol. The number of aliphatic hydroxyl groups excluding tert-OH is 9. The van der Waals surface area contributed by atoms with Gasteiger partial charge in [-0.3, -0.25) is 4.79 Å². The lowest BCUT2D eigenvalue weighted by atomic mass is 9.82. The minimum absolute atomic E-state index is 0.0168. The highest BCUT2D eigenvalue weighted by molar-refractivity contribution is 8.08. The second-order valence-corrected chi connectivity index (χ2v) is 35.1. The lowest BCUT2D eigenvalue weighted by Crippen LogP contribution is -2.64. The molecule has 93 heavy (non-hydrogen) atoms. The van der Waals surface area contributed by atoms with Gasteiger partial charge in [0.2, 0.25) is 5.91 Å². The van der Waals surface area contributed by atoms with E-state index in [1.807, 2.05) is 7.05 Å². The van der Waals surface area contributed by atoms with Crippen LogP contribution in [0.1, 0.15) is 143 Å². The molecule has 10 unspecified atom stereocenters. The smallest absolute Gasteiger partial charge is 0.324 e. The van der Waals surface area contributed by atoms with Gasteiger partial charge in [0, 0.05) is 57.8 Å². The fourth-order valence-electron chi connectivity index (χ4n) is 10.8. The van der Waals surface area contributed by atoms with Crippen LogP contribution in [0.3, 0.4) is 0 Å². The second-order valence-electron chi connectivity index (χ2n) is 23.6. The maximum absolute atomic E-state index is 11.8. The van der Waals surface area contributed by atoms with Gasteiger partial charge < -0.3 is 140 Å². The third kappa shape index (κ3) is 33.7. The summed E-state index contributed by atoms with van der Waals surface area (Å²) in [6, 6.07) is -1.05. The number of aliphatic hydroxyl groups is 9. The third-order valence-corrected chi connectivity index (χ3v) is 23.1. The zero-order valence-electron chi connectivity index (χ0n) is 54.3. The predicted octanol–water partition coefficient (Wildman–Crippen LogP) is 2.84. The molecule has 14 N–H and O–H groups in total. The Morgan fingerprint density at radius 1 is 0.441 bits per heavy atom. The van der Waals surface area contributed by atoms with Crippen LogP contribution in [0.15, 0.2) is 0 Å². The summed E-state index contributed by atoms with van der Waals surface area (Å²) in [5, 5.41) is 92.8. The summed E-state index contributed by atoms with van der Waals surface area (Å²) in [7, 11) is 3.19. The van der Waals surface area contributed by atoms with Gasteiger partial charge in [0.05, 0.1) is 78.3 Å². The highest BCUT2D eigenvalue weighted by Gasteiger charge is 2.46. The van der Waals surface area contributed by atoms with Gasteiger partial charge in [0.1, 0.15) is 48.8 Å². The van der Waals surface area contributed by atoms with Gasteiger partial charge in [-0.1, -0.05) is 52.4 Å². The molecule has 3 aliphatic rings. The average Bonchev–Trinajstić information content (AvgIpc) is 0.962. The highest BCUT2D eigenvalue weighted by atomic mass is 32.5. The topological polar surface area (TPSA) is 425 Å². The van der Waals surface area contributed by atoms with Crippen LogP contribution < -0.4 is 5.32 Å². The molecule has 3 aliphatic heterocycles. The minimum atomic E-state index is -3.70. The van der Waals surface area contributed by atoms with Crippen molar-refractivity contribution in [2.45, 2.75) is 228 Å². The summed E-state index contributed by atoms with van der Waals surface area (Å²) >= 11 is 21.2. The number of rotatable bonds is 53. The fourth-order valence-corrected chi connectivity index (χ4v) is 15.2. The van der Waals surface area contributed by atoms with Gasteiger partial charge >= 0.3 is 26.9 Å². The number of carbonyl (C=O) groups excluding carboxylic acids is 1. The standard InChI is InChI=1S/C55H110N2O28P4S4/c1-39-46(62)48(64)42(36-58)83-52(39)73-26-12-6-9-15-29-77-87(69,91)80-32-18-22-55(57(4)25-21-35-76-86(68,90)72-5,23-19-33-81-88(70,92)78-30-16-10-7-13-27-74-53-40(2)47(63)49(65)43(37-59)84-53)24-20-34-82-89(71,93)79-31-17-11-8-14-28-75-54-45(56-41(3)61)51(67)50(66)44(38-60)85-54/h39-40,42-54,58-60,62-67H,6-38H2,1-5H3,(H,56,61)(H,68,90)(H,69,91)(H,70,92)(H,71,93)/t39?,40?,42?,43?,44?,45?,46-,47-,48+,49+,50+,51-,52-,53-,54-,55?,86?,87?,88?,89?/m1/s1. The van der Waals surface area contributed by atoms with E-state index in [1.165, 1.54) is 14.0 Å². The van der Waals surface area contributed by atoms with Crippen molar-refractivity contribution in [2.75, 3.05) is 107 Å². The van der Waals surface area contributed by atoms with Gasteiger partial charge in [0.25, 0.3) is 0 Å². The lowest BCUT2D eigenvalue weighted by molar-refractivity contribution is -0.282. The largest absolute Gasteiger partial charge is 0.394 e. The average molecular weight is 1500 g/mol. The van der Waals surface area contributed by atoms with E-state index in [-0.39, 0.29) is 52.9 Å². The number of ether oxygens (including phenoxy) is 6. The summed E-state index contributed by atoms with van der Waals surface area (Å²) in [5.41, 5.74) is -0.675. The first kappa shape index (κ1) is 88.2. The van der Waals surface area contributed by atoms with Crippen molar-refractivity contribution < 1.29 is 135 Å². The molecule has 0 bridgehead atoms. The Bertz CT molecular complexity index is 2160. The van der Waals surface area contributed by atoms with Crippen molar-refractivity contribution in [3.63, 3.8) is 0 Å². The summed E-state index contributed by atoms with van der Waals surface area (Å²) in [4.78, 5) is 57.4. The van der Waals surface area contributed by atoms with Gasteiger partial charge in [-0.05, 0) is 138 Å². The molecule has 0 aliphatic carbocycles. The Kier molecular flexibility index (Phi) is 44.1. The van der Waals surface area contributed by atoms with Gasteiger partial charge in [0.15, 0.2) is 18.9 Å². The Hall–Kier alpha value is 0.950. The van der Waals surface area contributed by atoms with Crippen LogP contribution in [0, 0.1) is 11.8 Å². The molecular formula is C55H110N2O28P4S4. The first-order valence-electron chi connectivity index (χ1n) is 32.1. The maximum atomic E-state index is 11.8. The molecule has 0 aromatic rings. The Balaban J connectivity index is 1.58. The first-order valence-corrected chi connectivity index (χ1v) is 42.4. The van der Waals surface area contributed by atoms with E-state index in [9.17, 15) is 70.3 Å². The summed E-state index contributed by atoms with van der Waals surface area (Å²) < 4.78 is 79.2. The monoisotopic (exact) mass is 1500 g/mol. The first-order chi connectivity index (χ1) is 44.0. The zero-order valence-corrected chi connectivity index (χ0v) is 61.1. The van der Waals surface area contributed by atoms with E-state index >= 15 is 0 Å².